The summed E-state index contributed by atoms with van der Waals surface area (Å²) in [5.74, 6) is -1.31. The van der Waals surface area contributed by atoms with Crippen LogP contribution in [0.2, 0.25) is 0 Å². The molecule has 0 aliphatic rings. The van der Waals surface area contributed by atoms with E-state index in [1.807, 2.05) is 0 Å². The summed E-state index contributed by atoms with van der Waals surface area (Å²) in [5.41, 5.74) is 0. The van der Waals surface area contributed by atoms with Crippen molar-refractivity contribution in [3.05, 3.63) is 0 Å². The normalized spacial score (nSPS) is 13.8. The molecular weight excluding hydrogens is 189 g/mol. The molecule has 70 valence electrons. The molecule has 8 heteroatoms. The summed E-state index contributed by atoms with van der Waals surface area (Å²) in [5, 5.41) is 9.71. The molecule has 0 radical (unpaired) electrons. The number of hydrogen-bond acceptors (Lipinski definition) is 3. The van der Waals surface area contributed by atoms with Gasteiger partial charge in [-0.2, -0.15) is 0 Å². The first-order chi connectivity index (χ1) is 5.35. The van der Waals surface area contributed by atoms with Crippen LogP contribution in [0, 0.1) is 0 Å². The van der Waals surface area contributed by atoms with Crippen LogP contribution in [0.25, 0.3) is 0 Å². The lowest BCUT2D eigenvalue weighted by atomic mass is 10.2. The summed E-state index contributed by atoms with van der Waals surface area (Å²) in [6.45, 7) is 0. The second-order valence-electron chi connectivity index (χ2n) is 2.01. The van der Waals surface area contributed by atoms with E-state index >= 15 is 0 Å². The smallest absolute Gasteiger partial charge is 0.400 e. The molecular formula is C4H8NO6P. The van der Waals surface area contributed by atoms with Crippen LogP contribution in [0.3, 0.4) is 0 Å². The number of carboxylic acids is 1. The fourth-order valence-electron chi connectivity index (χ4n) is 0.528. The number of rotatable bonds is 5. The first-order valence-corrected chi connectivity index (χ1v) is 4.47. The third-order valence-corrected chi connectivity index (χ3v) is 1.56. The highest BCUT2D eigenvalue weighted by Gasteiger charge is 2.21. The lowest BCUT2D eigenvalue weighted by molar-refractivity contribution is -0.138. The van der Waals surface area contributed by atoms with Gasteiger partial charge in [-0.05, 0) is 0 Å². The first-order valence-electron chi connectivity index (χ1n) is 2.85. The topological polar surface area (TPSA) is 124 Å². The SMILES string of the molecule is O=C[C@H](CC(=O)O)NP(=O)(O)O. The van der Waals surface area contributed by atoms with E-state index in [1.165, 1.54) is 0 Å². The Hall–Kier alpha value is -0.750. The van der Waals surface area contributed by atoms with Crippen molar-refractivity contribution >= 4 is 20.0 Å². The summed E-state index contributed by atoms with van der Waals surface area (Å²) in [7, 11) is -4.54. The molecule has 0 saturated carbocycles. The van der Waals surface area contributed by atoms with E-state index in [0.29, 0.717) is 0 Å². The van der Waals surface area contributed by atoms with E-state index in [4.69, 9.17) is 14.9 Å². The highest BCUT2D eigenvalue weighted by molar-refractivity contribution is 7.49. The van der Waals surface area contributed by atoms with Gasteiger partial charge < -0.3 is 19.7 Å². The van der Waals surface area contributed by atoms with Crippen molar-refractivity contribution in [2.24, 2.45) is 0 Å². The molecule has 4 N–H and O–H groups in total. The second kappa shape index (κ2) is 4.32. The molecule has 0 heterocycles. The number of nitrogens with one attached hydrogen (secondary N) is 1. The number of aldehydes is 1. The number of carbonyl (C=O) groups excluding carboxylic acids is 1. The Morgan fingerprint density at radius 2 is 2.08 bits per heavy atom. The van der Waals surface area contributed by atoms with Crippen molar-refractivity contribution in [2.45, 2.75) is 12.5 Å². The molecule has 0 rings (SSSR count). The summed E-state index contributed by atoms with van der Waals surface area (Å²) in [6.07, 6.45) is -0.526. The van der Waals surface area contributed by atoms with Gasteiger partial charge in [-0.15, -0.1) is 0 Å². The third-order valence-electron chi connectivity index (χ3n) is 0.893. The molecule has 0 saturated heterocycles. The molecule has 7 nitrogen and oxygen atoms in total. The van der Waals surface area contributed by atoms with E-state index < -0.39 is 26.2 Å². The standard InChI is InChI=1S/C4H8NO6P/c6-2-3(1-4(7)8)5-12(9,10)11/h2-3H,1H2,(H,7,8)(H3,5,9,10,11)/t3-/m0/s1. The van der Waals surface area contributed by atoms with Crippen molar-refractivity contribution in [1.29, 1.82) is 0 Å². The maximum Gasteiger partial charge on any atom is 0.400 e. The Morgan fingerprint density at radius 3 is 2.33 bits per heavy atom. The molecule has 0 unspecified atom stereocenters. The molecule has 1 atom stereocenters. The van der Waals surface area contributed by atoms with Gasteiger partial charge in [0.1, 0.15) is 6.29 Å². The summed E-state index contributed by atoms with van der Waals surface area (Å²) >= 11 is 0. The third kappa shape index (κ3) is 5.99. The highest BCUT2D eigenvalue weighted by atomic mass is 31.2. The van der Waals surface area contributed by atoms with E-state index in [9.17, 15) is 14.2 Å². The predicted molar refractivity (Wildman–Crippen MR) is 37.3 cm³/mol. The van der Waals surface area contributed by atoms with Gasteiger partial charge in [0.15, 0.2) is 0 Å². The van der Waals surface area contributed by atoms with Gasteiger partial charge in [0.05, 0.1) is 12.5 Å². The summed E-state index contributed by atoms with van der Waals surface area (Å²) in [4.78, 5) is 36.6. The first kappa shape index (κ1) is 11.2. The Bertz CT molecular complexity index is 222. The lowest BCUT2D eigenvalue weighted by Gasteiger charge is -2.10. The molecule has 0 aromatic carbocycles. The zero-order valence-electron chi connectivity index (χ0n) is 5.88. The van der Waals surface area contributed by atoms with Crippen LogP contribution < -0.4 is 5.09 Å². The number of carbonyl (C=O) groups is 2. The van der Waals surface area contributed by atoms with Gasteiger partial charge in [0.25, 0.3) is 0 Å². The minimum absolute atomic E-state index is 0.132. The quantitative estimate of drug-likeness (QED) is 0.319. The number of aliphatic carboxylic acids is 1. The van der Waals surface area contributed by atoms with Crippen LogP contribution in [0.4, 0.5) is 0 Å². The highest BCUT2D eigenvalue weighted by Crippen LogP contribution is 2.29. The van der Waals surface area contributed by atoms with E-state index in [0.717, 1.165) is 0 Å². The van der Waals surface area contributed by atoms with Crippen LogP contribution >= 0.6 is 7.75 Å². The summed E-state index contributed by atoms with van der Waals surface area (Å²) < 4.78 is 10.2. The average molecular weight is 197 g/mol. The van der Waals surface area contributed by atoms with Gasteiger partial charge in [-0.3, -0.25) is 4.79 Å². The predicted octanol–water partition coefficient (Wildman–Crippen LogP) is -1.29. The molecule has 0 amide bonds. The van der Waals surface area contributed by atoms with Gasteiger partial charge >= 0.3 is 13.7 Å². The molecule has 0 fully saturated rings. The molecule has 0 aliphatic carbocycles. The molecule has 0 aromatic rings. The van der Waals surface area contributed by atoms with Crippen molar-refractivity contribution in [1.82, 2.24) is 5.09 Å². The molecule has 0 spiro atoms. The molecule has 12 heavy (non-hydrogen) atoms. The Balaban J connectivity index is 4.10. The molecule has 0 bridgehead atoms. The van der Waals surface area contributed by atoms with E-state index in [-0.39, 0.29) is 6.29 Å². The van der Waals surface area contributed by atoms with Crippen LogP contribution in [-0.4, -0.2) is 33.2 Å². The largest absolute Gasteiger partial charge is 0.481 e. The maximum atomic E-state index is 10.2. The van der Waals surface area contributed by atoms with Crippen molar-refractivity contribution in [3.63, 3.8) is 0 Å². The fourth-order valence-corrected chi connectivity index (χ4v) is 1.11. The number of hydrogen-bond donors (Lipinski definition) is 4. The van der Waals surface area contributed by atoms with Crippen LogP contribution in [-0.2, 0) is 14.2 Å². The van der Waals surface area contributed by atoms with Crippen molar-refractivity contribution < 1.29 is 29.0 Å². The van der Waals surface area contributed by atoms with Gasteiger partial charge in [0.2, 0.25) is 0 Å². The van der Waals surface area contributed by atoms with Crippen LogP contribution in [0.1, 0.15) is 6.42 Å². The Kier molecular flexibility index (Phi) is 4.05. The van der Waals surface area contributed by atoms with Gasteiger partial charge in [-0.1, -0.05) is 0 Å². The van der Waals surface area contributed by atoms with E-state index in [1.54, 1.807) is 5.09 Å². The van der Waals surface area contributed by atoms with E-state index in [2.05, 4.69) is 0 Å². The summed E-state index contributed by atoms with van der Waals surface area (Å²) in [6, 6.07) is -1.36. The van der Waals surface area contributed by atoms with Crippen LogP contribution in [0.15, 0.2) is 0 Å². The monoisotopic (exact) mass is 197 g/mol. The van der Waals surface area contributed by atoms with Crippen molar-refractivity contribution in [3.8, 4) is 0 Å². The maximum absolute atomic E-state index is 10.2. The Morgan fingerprint density at radius 1 is 1.58 bits per heavy atom. The zero-order chi connectivity index (χ0) is 9.78. The van der Waals surface area contributed by atoms with Gasteiger partial charge in [-0.25, -0.2) is 9.65 Å². The fraction of sp³-hybridized carbons (Fsp3) is 0.500. The number of carboxylic acid groups (broad SMARTS) is 1. The minimum Gasteiger partial charge on any atom is -0.481 e. The molecule has 0 aromatic heterocycles. The minimum atomic E-state index is -4.54. The van der Waals surface area contributed by atoms with Gasteiger partial charge in [0, 0.05) is 0 Å². The molecule has 0 aliphatic heterocycles. The average Bonchev–Trinajstić information content (AvgIpc) is 1.82. The lowest BCUT2D eigenvalue weighted by Crippen LogP contribution is -2.30. The zero-order valence-corrected chi connectivity index (χ0v) is 6.77. The van der Waals surface area contributed by atoms with Crippen LogP contribution in [0.5, 0.6) is 0 Å². The second-order valence-corrected chi connectivity index (χ2v) is 3.36. The van der Waals surface area contributed by atoms with Crippen molar-refractivity contribution in [2.75, 3.05) is 0 Å². The Labute approximate surface area is 67.6 Å².